The molecule has 0 saturated heterocycles. The lowest BCUT2D eigenvalue weighted by Crippen LogP contribution is -2.37. The molecule has 2 unspecified atom stereocenters. The second kappa shape index (κ2) is 5.74. The van der Waals surface area contributed by atoms with E-state index in [-0.39, 0.29) is 0 Å². The third-order valence-corrected chi connectivity index (χ3v) is 4.39. The second-order valence-electron chi connectivity index (χ2n) is 5.64. The Balaban J connectivity index is 1.64. The fourth-order valence-electron chi connectivity index (χ4n) is 3.27. The molecule has 0 aromatic carbocycles. The third kappa shape index (κ3) is 2.81. The predicted molar refractivity (Wildman–Crippen MR) is 78.1 cm³/mol. The molecule has 19 heavy (non-hydrogen) atoms. The van der Waals surface area contributed by atoms with Gasteiger partial charge in [0.2, 0.25) is 0 Å². The Hall–Kier alpha value is -1.35. The van der Waals surface area contributed by atoms with Gasteiger partial charge >= 0.3 is 0 Å². The quantitative estimate of drug-likeness (QED) is 0.909. The second-order valence-corrected chi connectivity index (χ2v) is 5.64. The molecule has 0 radical (unpaired) electrons. The number of nitrogens with one attached hydrogen (secondary N) is 1. The highest BCUT2D eigenvalue weighted by Gasteiger charge is 2.23. The molecule has 3 nitrogen and oxygen atoms in total. The first-order valence-electron chi connectivity index (χ1n) is 7.53. The Labute approximate surface area is 115 Å². The monoisotopic (exact) mass is 257 g/mol. The van der Waals surface area contributed by atoms with Gasteiger partial charge in [0.25, 0.3) is 0 Å². The number of hydrogen-bond donors (Lipinski definition) is 1. The van der Waals surface area contributed by atoms with Crippen LogP contribution in [-0.2, 0) is 6.54 Å². The van der Waals surface area contributed by atoms with Crippen LogP contribution in [0, 0.1) is 5.92 Å². The van der Waals surface area contributed by atoms with Crippen molar-refractivity contribution in [1.29, 1.82) is 0 Å². The SMILES string of the molecule is CCC1CCCCC1NCc1cn2ccccc2n1. The van der Waals surface area contributed by atoms with Crippen molar-refractivity contribution in [1.82, 2.24) is 14.7 Å². The first-order valence-corrected chi connectivity index (χ1v) is 7.53. The van der Waals surface area contributed by atoms with Gasteiger partial charge in [-0.15, -0.1) is 0 Å². The highest BCUT2D eigenvalue weighted by Crippen LogP contribution is 2.26. The molecule has 3 rings (SSSR count). The standard InChI is InChI=1S/C16H23N3/c1-2-13-7-3-4-8-15(13)17-11-14-12-19-10-6-5-9-16(19)18-14/h5-6,9-10,12-13,15,17H,2-4,7-8,11H2,1H3. The minimum absolute atomic E-state index is 0.684. The van der Waals surface area contributed by atoms with E-state index in [1.54, 1.807) is 0 Å². The summed E-state index contributed by atoms with van der Waals surface area (Å²) in [7, 11) is 0. The van der Waals surface area contributed by atoms with Crippen LogP contribution in [0.5, 0.6) is 0 Å². The molecule has 1 fully saturated rings. The minimum Gasteiger partial charge on any atom is -0.308 e. The van der Waals surface area contributed by atoms with E-state index < -0.39 is 0 Å². The van der Waals surface area contributed by atoms with Crippen molar-refractivity contribution in [2.75, 3.05) is 0 Å². The summed E-state index contributed by atoms with van der Waals surface area (Å²) in [6.07, 6.45) is 11.0. The van der Waals surface area contributed by atoms with E-state index in [0.29, 0.717) is 6.04 Å². The third-order valence-electron chi connectivity index (χ3n) is 4.39. The van der Waals surface area contributed by atoms with Gasteiger partial charge in [-0.25, -0.2) is 4.98 Å². The van der Waals surface area contributed by atoms with Gasteiger partial charge in [0, 0.05) is 25.0 Å². The average Bonchev–Trinajstić information content (AvgIpc) is 2.88. The fourth-order valence-corrected chi connectivity index (χ4v) is 3.27. The lowest BCUT2D eigenvalue weighted by molar-refractivity contribution is 0.254. The summed E-state index contributed by atoms with van der Waals surface area (Å²) in [5.41, 5.74) is 2.18. The van der Waals surface area contributed by atoms with Gasteiger partial charge in [-0.2, -0.15) is 0 Å². The van der Waals surface area contributed by atoms with Gasteiger partial charge in [-0.1, -0.05) is 32.3 Å². The number of fused-ring (bicyclic) bond motifs is 1. The molecule has 1 N–H and O–H groups in total. The maximum absolute atomic E-state index is 4.65. The molecule has 2 heterocycles. The van der Waals surface area contributed by atoms with E-state index >= 15 is 0 Å². The number of nitrogens with zero attached hydrogens (tertiary/aromatic N) is 2. The van der Waals surface area contributed by atoms with Gasteiger partial charge in [0.15, 0.2) is 0 Å². The maximum Gasteiger partial charge on any atom is 0.137 e. The van der Waals surface area contributed by atoms with Crippen molar-refractivity contribution in [3.8, 4) is 0 Å². The average molecular weight is 257 g/mol. The summed E-state index contributed by atoms with van der Waals surface area (Å²) in [5.74, 6) is 0.853. The van der Waals surface area contributed by atoms with Crippen LogP contribution in [-0.4, -0.2) is 15.4 Å². The van der Waals surface area contributed by atoms with Crippen LogP contribution in [0.3, 0.4) is 0 Å². The smallest absolute Gasteiger partial charge is 0.137 e. The predicted octanol–water partition coefficient (Wildman–Crippen LogP) is 3.39. The van der Waals surface area contributed by atoms with E-state index in [9.17, 15) is 0 Å². The van der Waals surface area contributed by atoms with E-state index in [2.05, 4.69) is 40.1 Å². The van der Waals surface area contributed by atoms with Crippen molar-refractivity contribution in [2.45, 2.75) is 51.6 Å². The summed E-state index contributed by atoms with van der Waals surface area (Å²) in [5, 5.41) is 3.72. The lowest BCUT2D eigenvalue weighted by atomic mass is 9.83. The van der Waals surface area contributed by atoms with Crippen LogP contribution in [0.1, 0.15) is 44.7 Å². The molecule has 0 aliphatic heterocycles. The van der Waals surface area contributed by atoms with Crippen molar-refractivity contribution in [2.24, 2.45) is 5.92 Å². The highest BCUT2D eigenvalue weighted by atomic mass is 15.0. The molecule has 1 saturated carbocycles. The number of pyridine rings is 1. The molecule has 1 aliphatic rings. The molecule has 1 aliphatic carbocycles. The van der Waals surface area contributed by atoms with E-state index in [0.717, 1.165) is 23.8 Å². The first kappa shape index (κ1) is 12.7. The molecule has 2 aromatic heterocycles. The normalized spacial score (nSPS) is 23.8. The topological polar surface area (TPSA) is 29.3 Å². The lowest BCUT2D eigenvalue weighted by Gasteiger charge is -2.31. The van der Waals surface area contributed by atoms with Gasteiger partial charge in [0.1, 0.15) is 5.65 Å². The van der Waals surface area contributed by atoms with E-state index in [1.807, 2.05) is 12.1 Å². The van der Waals surface area contributed by atoms with E-state index in [1.165, 1.54) is 32.1 Å². The van der Waals surface area contributed by atoms with Crippen LogP contribution in [0.15, 0.2) is 30.6 Å². The summed E-state index contributed by atoms with van der Waals surface area (Å²) in [6.45, 7) is 3.21. The number of imidazole rings is 1. The van der Waals surface area contributed by atoms with Crippen molar-refractivity contribution >= 4 is 5.65 Å². The molecule has 3 heteroatoms. The van der Waals surface area contributed by atoms with Gasteiger partial charge in [0.05, 0.1) is 5.69 Å². The van der Waals surface area contributed by atoms with Crippen molar-refractivity contribution < 1.29 is 0 Å². The van der Waals surface area contributed by atoms with Crippen LogP contribution < -0.4 is 5.32 Å². The Morgan fingerprint density at radius 2 is 2.21 bits per heavy atom. The van der Waals surface area contributed by atoms with E-state index in [4.69, 9.17) is 0 Å². The van der Waals surface area contributed by atoms with Crippen LogP contribution in [0.25, 0.3) is 5.65 Å². The summed E-state index contributed by atoms with van der Waals surface area (Å²) >= 11 is 0. The zero-order chi connectivity index (χ0) is 13.1. The molecule has 0 amide bonds. The summed E-state index contributed by atoms with van der Waals surface area (Å²) in [6, 6.07) is 6.82. The Morgan fingerprint density at radius 1 is 1.32 bits per heavy atom. The van der Waals surface area contributed by atoms with Crippen molar-refractivity contribution in [3.05, 3.63) is 36.3 Å². The minimum atomic E-state index is 0.684. The number of rotatable bonds is 4. The molecule has 2 aromatic rings. The number of aromatic nitrogens is 2. The van der Waals surface area contributed by atoms with Crippen molar-refractivity contribution in [3.63, 3.8) is 0 Å². The summed E-state index contributed by atoms with van der Waals surface area (Å²) in [4.78, 5) is 4.65. The van der Waals surface area contributed by atoms with Crippen LogP contribution in [0.2, 0.25) is 0 Å². The molecule has 2 atom stereocenters. The molecule has 102 valence electrons. The molecule has 0 bridgehead atoms. The Bertz CT molecular complexity index is 499. The maximum atomic E-state index is 4.65. The van der Waals surface area contributed by atoms with Gasteiger partial charge in [-0.05, 0) is 30.9 Å². The summed E-state index contributed by atoms with van der Waals surface area (Å²) < 4.78 is 2.09. The van der Waals surface area contributed by atoms with Crippen LogP contribution in [0.4, 0.5) is 0 Å². The Kier molecular flexibility index (Phi) is 3.83. The first-order chi connectivity index (χ1) is 9.36. The number of hydrogen-bond acceptors (Lipinski definition) is 2. The zero-order valence-electron chi connectivity index (χ0n) is 11.7. The van der Waals surface area contributed by atoms with Gasteiger partial charge < -0.3 is 9.72 Å². The molecular formula is C16H23N3. The largest absolute Gasteiger partial charge is 0.308 e. The zero-order valence-corrected chi connectivity index (χ0v) is 11.7. The fraction of sp³-hybridized carbons (Fsp3) is 0.562. The van der Waals surface area contributed by atoms with Crippen LogP contribution >= 0.6 is 0 Å². The molecule has 0 spiro atoms. The Morgan fingerprint density at radius 3 is 3.05 bits per heavy atom. The van der Waals surface area contributed by atoms with Gasteiger partial charge in [-0.3, -0.25) is 0 Å². The molecular weight excluding hydrogens is 234 g/mol. The highest BCUT2D eigenvalue weighted by molar-refractivity contribution is 5.39.